The molecule has 0 bridgehead atoms. The zero-order chi connectivity index (χ0) is 11.7. The van der Waals surface area contributed by atoms with E-state index in [-0.39, 0.29) is 5.56 Å². The lowest BCUT2D eigenvalue weighted by Crippen LogP contribution is -2.14. The van der Waals surface area contributed by atoms with E-state index in [1.54, 1.807) is 10.9 Å². The van der Waals surface area contributed by atoms with Crippen LogP contribution < -0.4 is 5.56 Å². The Labute approximate surface area is 93.2 Å². The van der Waals surface area contributed by atoms with Gasteiger partial charge < -0.3 is 4.98 Å². The minimum atomic E-state index is -0.168. The van der Waals surface area contributed by atoms with Crippen LogP contribution in [0.15, 0.2) is 17.2 Å². The number of rotatable bonds is 2. The van der Waals surface area contributed by atoms with Crippen molar-refractivity contribution >= 4 is 0 Å². The van der Waals surface area contributed by atoms with Crippen LogP contribution >= 0.6 is 0 Å². The van der Waals surface area contributed by atoms with Crippen LogP contribution in [-0.2, 0) is 6.54 Å². The Balaban J connectivity index is 2.55. The molecule has 0 saturated carbocycles. The maximum atomic E-state index is 11.7. The van der Waals surface area contributed by atoms with Crippen LogP contribution in [0.3, 0.4) is 0 Å². The first-order valence-corrected chi connectivity index (χ1v) is 5.22. The van der Waals surface area contributed by atoms with Crippen molar-refractivity contribution in [1.82, 2.24) is 19.7 Å². The van der Waals surface area contributed by atoms with E-state index in [0.29, 0.717) is 5.69 Å². The van der Waals surface area contributed by atoms with Crippen LogP contribution in [0.25, 0.3) is 11.3 Å². The average molecular weight is 218 g/mol. The second kappa shape index (κ2) is 3.92. The van der Waals surface area contributed by atoms with Crippen LogP contribution in [0.2, 0.25) is 0 Å². The van der Waals surface area contributed by atoms with E-state index >= 15 is 0 Å². The van der Waals surface area contributed by atoms with Gasteiger partial charge in [0.05, 0.1) is 11.9 Å². The number of hydrogen-bond acceptors (Lipinski definition) is 3. The molecule has 2 heterocycles. The predicted octanol–water partition coefficient (Wildman–Crippen LogP) is 1.27. The highest BCUT2D eigenvalue weighted by Crippen LogP contribution is 2.12. The SMILES string of the molecule is CCn1cc(-c2nc(C)c(C)[nH]c2=O)cn1. The summed E-state index contributed by atoms with van der Waals surface area (Å²) in [7, 11) is 0. The van der Waals surface area contributed by atoms with Crippen molar-refractivity contribution in [2.45, 2.75) is 27.3 Å². The fourth-order valence-electron chi connectivity index (χ4n) is 1.48. The molecule has 0 aliphatic heterocycles. The molecule has 5 heteroatoms. The maximum absolute atomic E-state index is 11.7. The summed E-state index contributed by atoms with van der Waals surface area (Å²) in [4.78, 5) is 18.8. The summed E-state index contributed by atoms with van der Waals surface area (Å²) in [6.07, 6.45) is 3.49. The normalized spacial score (nSPS) is 10.7. The van der Waals surface area contributed by atoms with Crippen molar-refractivity contribution < 1.29 is 0 Å². The molecule has 0 spiro atoms. The van der Waals surface area contributed by atoms with Crippen molar-refractivity contribution in [3.8, 4) is 11.3 Å². The number of nitrogens with zero attached hydrogens (tertiary/aromatic N) is 3. The first-order valence-electron chi connectivity index (χ1n) is 5.22. The highest BCUT2D eigenvalue weighted by molar-refractivity contribution is 5.55. The Morgan fingerprint density at radius 3 is 2.81 bits per heavy atom. The Morgan fingerprint density at radius 1 is 1.44 bits per heavy atom. The average Bonchev–Trinajstić information content (AvgIpc) is 2.71. The molecule has 2 aromatic rings. The van der Waals surface area contributed by atoms with Crippen molar-refractivity contribution in [1.29, 1.82) is 0 Å². The number of hydrogen-bond donors (Lipinski definition) is 1. The molecule has 0 aliphatic carbocycles. The number of aromatic amines is 1. The highest BCUT2D eigenvalue weighted by Gasteiger charge is 2.09. The first-order chi connectivity index (χ1) is 7.61. The third-order valence-electron chi connectivity index (χ3n) is 2.57. The summed E-state index contributed by atoms with van der Waals surface area (Å²) in [5, 5.41) is 4.13. The zero-order valence-corrected chi connectivity index (χ0v) is 9.61. The number of H-pyrrole nitrogens is 1. The molecule has 0 saturated heterocycles. The summed E-state index contributed by atoms with van der Waals surface area (Å²) in [6.45, 7) is 6.49. The summed E-state index contributed by atoms with van der Waals surface area (Å²) in [6, 6.07) is 0. The van der Waals surface area contributed by atoms with Crippen LogP contribution in [0.5, 0.6) is 0 Å². The molecule has 0 amide bonds. The number of nitrogens with one attached hydrogen (secondary N) is 1. The second-order valence-corrected chi connectivity index (χ2v) is 3.71. The van der Waals surface area contributed by atoms with Gasteiger partial charge in [-0.05, 0) is 20.8 Å². The molecule has 0 atom stereocenters. The molecule has 16 heavy (non-hydrogen) atoms. The summed E-state index contributed by atoms with van der Waals surface area (Å²) < 4.78 is 1.77. The molecular weight excluding hydrogens is 204 g/mol. The molecule has 5 nitrogen and oxygen atoms in total. The minimum absolute atomic E-state index is 0.168. The largest absolute Gasteiger partial charge is 0.323 e. The molecular formula is C11H14N4O. The lowest BCUT2D eigenvalue weighted by Gasteiger charge is -2.01. The van der Waals surface area contributed by atoms with Gasteiger partial charge in [0.2, 0.25) is 0 Å². The van der Waals surface area contributed by atoms with E-state index in [1.807, 2.05) is 27.0 Å². The smallest absolute Gasteiger partial charge is 0.274 e. The van der Waals surface area contributed by atoms with E-state index in [9.17, 15) is 4.79 Å². The standard InChI is InChI=1S/C11H14N4O/c1-4-15-6-9(5-12-15)10-11(16)14-8(3)7(2)13-10/h5-6H,4H2,1-3H3,(H,14,16). The van der Waals surface area contributed by atoms with Gasteiger partial charge in [0.1, 0.15) is 5.69 Å². The van der Waals surface area contributed by atoms with Gasteiger partial charge >= 0.3 is 0 Å². The van der Waals surface area contributed by atoms with Crippen molar-refractivity contribution in [3.05, 3.63) is 34.1 Å². The molecule has 84 valence electrons. The van der Waals surface area contributed by atoms with E-state index in [4.69, 9.17) is 0 Å². The van der Waals surface area contributed by atoms with E-state index < -0.39 is 0 Å². The van der Waals surface area contributed by atoms with Gasteiger partial charge in [-0.2, -0.15) is 5.10 Å². The minimum Gasteiger partial charge on any atom is -0.323 e. The fraction of sp³-hybridized carbons (Fsp3) is 0.364. The molecule has 0 aliphatic rings. The molecule has 1 N–H and O–H groups in total. The van der Waals surface area contributed by atoms with Crippen LogP contribution in [0.4, 0.5) is 0 Å². The first kappa shape index (κ1) is 10.6. The van der Waals surface area contributed by atoms with Crippen molar-refractivity contribution in [2.75, 3.05) is 0 Å². The summed E-state index contributed by atoms with van der Waals surface area (Å²) >= 11 is 0. The highest BCUT2D eigenvalue weighted by atomic mass is 16.1. The molecule has 2 aromatic heterocycles. The summed E-state index contributed by atoms with van der Waals surface area (Å²) in [5.41, 5.74) is 2.66. The lowest BCUT2D eigenvalue weighted by molar-refractivity contribution is 0.660. The van der Waals surface area contributed by atoms with Gasteiger partial charge in [0, 0.05) is 24.0 Å². The Kier molecular flexibility index (Phi) is 2.60. The third kappa shape index (κ3) is 1.76. The lowest BCUT2D eigenvalue weighted by atomic mass is 10.2. The topological polar surface area (TPSA) is 63.6 Å². The van der Waals surface area contributed by atoms with Gasteiger partial charge in [-0.3, -0.25) is 9.48 Å². The predicted molar refractivity (Wildman–Crippen MR) is 61.2 cm³/mol. The van der Waals surface area contributed by atoms with Crippen LogP contribution in [0.1, 0.15) is 18.3 Å². The van der Waals surface area contributed by atoms with Crippen LogP contribution in [0, 0.1) is 13.8 Å². The second-order valence-electron chi connectivity index (χ2n) is 3.71. The Bertz CT molecular complexity index is 568. The van der Waals surface area contributed by atoms with Gasteiger partial charge in [0.25, 0.3) is 5.56 Å². The maximum Gasteiger partial charge on any atom is 0.274 e. The monoisotopic (exact) mass is 218 g/mol. The van der Waals surface area contributed by atoms with Gasteiger partial charge in [-0.15, -0.1) is 0 Å². The van der Waals surface area contributed by atoms with Gasteiger partial charge in [-0.1, -0.05) is 0 Å². The quantitative estimate of drug-likeness (QED) is 0.825. The fourth-order valence-corrected chi connectivity index (χ4v) is 1.48. The zero-order valence-electron chi connectivity index (χ0n) is 9.61. The summed E-state index contributed by atoms with van der Waals surface area (Å²) in [5.74, 6) is 0. The number of aromatic nitrogens is 4. The number of aryl methyl sites for hydroxylation is 3. The molecule has 0 radical (unpaired) electrons. The Morgan fingerprint density at radius 2 is 2.19 bits per heavy atom. The molecule has 0 aromatic carbocycles. The van der Waals surface area contributed by atoms with Crippen molar-refractivity contribution in [3.63, 3.8) is 0 Å². The molecule has 2 rings (SSSR count). The van der Waals surface area contributed by atoms with E-state index in [2.05, 4.69) is 15.1 Å². The van der Waals surface area contributed by atoms with Gasteiger partial charge in [0.15, 0.2) is 0 Å². The van der Waals surface area contributed by atoms with Crippen molar-refractivity contribution in [2.24, 2.45) is 0 Å². The molecule has 0 unspecified atom stereocenters. The Hall–Kier alpha value is -1.91. The van der Waals surface area contributed by atoms with E-state index in [1.165, 1.54) is 0 Å². The van der Waals surface area contributed by atoms with Crippen LogP contribution in [-0.4, -0.2) is 19.7 Å². The van der Waals surface area contributed by atoms with Gasteiger partial charge in [-0.25, -0.2) is 4.98 Å². The van der Waals surface area contributed by atoms with E-state index in [0.717, 1.165) is 23.5 Å². The molecule has 0 fully saturated rings. The third-order valence-corrected chi connectivity index (χ3v) is 2.57.